The lowest BCUT2D eigenvalue weighted by molar-refractivity contribution is 0.123. The van der Waals surface area contributed by atoms with Crippen LogP contribution >= 0.6 is 0 Å². The van der Waals surface area contributed by atoms with Crippen molar-refractivity contribution in [2.24, 2.45) is 5.92 Å². The minimum Gasteiger partial charge on any atom is -0.388 e. The van der Waals surface area contributed by atoms with Gasteiger partial charge in [0.05, 0.1) is 7.47 Å². The van der Waals surface area contributed by atoms with Crippen molar-refractivity contribution in [1.82, 2.24) is 0 Å². The van der Waals surface area contributed by atoms with Crippen LogP contribution in [0.3, 0.4) is 0 Å². The van der Waals surface area contributed by atoms with Crippen LogP contribution in [-0.4, -0.2) is 5.11 Å². The maximum atomic E-state index is 10.2. The predicted molar refractivity (Wildman–Crippen MR) is 57.9 cm³/mol. The van der Waals surface area contributed by atoms with Crippen molar-refractivity contribution in [3.05, 3.63) is 48.0 Å². The zero-order valence-electron chi connectivity index (χ0n) is 9.19. The molecular formula is C13H16O. The molecule has 1 heteroatoms. The van der Waals surface area contributed by atoms with Gasteiger partial charge in [0.25, 0.3) is 0 Å². The zero-order valence-corrected chi connectivity index (χ0v) is 8.19. The van der Waals surface area contributed by atoms with Crippen LogP contribution in [0.5, 0.6) is 0 Å². The van der Waals surface area contributed by atoms with E-state index in [0.29, 0.717) is 6.05 Å². The second-order valence-electron chi connectivity index (χ2n) is 3.76. The predicted octanol–water partition coefficient (Wildman–Crippen LogP) is 3.08. The van der Waals surface area contributed by atoms with E-state index >= 15 is 0 Å². The Bertz CT molecular complexity index is 345. The normalized spacial score (nSPS) is 25.1. The van der Waals surface area contributed by atoms with Gasteiger partial charge in [0, 0.05) is 5.92 Å². The molecule has 0 heterocycles. The number of hydrogen-bond acceptors (Lipinski definition) is 1. The first-order valence-electron chi connectivity index (χ1n) is 5.68. The van der Waals surface area contributed by atoms with Crippen LogP contribution in [0.1, 0.15) is 32.3 Å². The summed E-state index contributed by atoms with van der Waals surface area (Å²) >= 11 is 0. The number of hydrogen-bond donors (Lipinski definition) is 1. The summed E-state index contributed by atoms with van der Waals surface area (Å²) in [7, 11) is 0. The minimum absolute atomic E-state index is 0.0128. The Balaban J connectivity index is 2.17. The van der Waals surface area contributed by atoms with Crippen LogP contribution in [0.4, 0.5) is 0 Å². The number of allylic oxidation sites excluding steroid dienone is 1. The van der Waals surface area contributed by atoms with Gasteiger partial charge in [-0.1, -0.05) is 42.5 Å². The van der Waals surface area contributed by atoms with Gasteiger partial charge in [0.1, 0.15) is 0 Å². The number of aliphatic hydroxyl groups excluding tert-OH is 1. The van der Waals surface area contributed by atoms with Crippen molar-refractivity contribution in [2.45, 2.75) is 25.4 Å². The maximum Gasteiger partial charge on any atom is 0.0852 e. The van der Waals surface area contributed by atoms with Crippen LogP contribution in [-0.2, 0) is 0 Å². The van der Waals surface area contributed by atoms with Crippen molar-refractivity contribution >= 4 is 0 Å². The molecule has 1 aliphatic carbocycles. The van der Waals surface area contributed by atoms with Crippen LogP contribution in [0, 0.1) is 5.92 Å². The highest BCUT2D eigenvalue weighted by Gasteiger charge is 2.19. The van der Waals surface area contributed by atoms with Gasteiger partial charge in [-0.25, -0.2) is 0 Å². The Morgan fingerprint density at radius 3 is 2.86 bits per heavy atom. The van der Waals surface area contributed by atoms with Gasteiger partial charge in [-0.2, -0.15) is 0 Å². The van der Waals surface area contributed by atoms with Crippen molar-refractivity contribution in [1.29, 1.82) is 0 Å². The third-order valence-electron chi connectivity index (χ3n) is 2.72. The van der Waals surface area contributed by atoms with Crippen LogP contribution < -0.4 is 0 Å². The monoisotopic (exact) mass is 189 g/mol. The van der Waals surface area contributed by atoms with E-state index in [2.05, 4.69) is 0 Å². The minimum atomic E-state index is -0.518. The van der Waals surface area contributed by atoms with Crippen LogP contribution in [0.2, 0.25) is 0 Å². The van der Waals surface area contributed by atoms with E-state index < -0.39 is 6.10 Å². The van der Waals surface area contributed by atoms with E-state index in [1.165, 1.54) is 0 Å². The quantitative estimate of drug-likeness (QED) is 0.709. The Morgan fingerprint density at radius 2 is 2.14 bits per heavy atom. The molecule has 1 nitrogen and oxygen atoms in total. The largest absolute Gasteiger partial charge is 0.388 e. The Morgan fingerprint density at radius 1 is 1.36 bits per heavy atom. The van der Waals surface area contributed by atoms with Gasteiger partial charge in [-0.15, -0.1) is 0 Å². The summed E-state index contributed by atoms with van der Waals surface area (Å²) in [6.45, 7) is 0. The molecule has 1 aliphatic rings. The van der Waals surface area contributed by atoms with E-state index in [9.17, 15) is 5.11 Å². The average molecular weight is 189 g/mol. The van der Waals surface area contributed by atoms with Crippen LogP contribution in [0.15, 0.2) is 42.5 Å². The topological polar surface area (TPSA) is 20.2 Å². The third kappa shape index (κ3) is 2.05. The van der Waals surface area contributed by atoms with E-state index in [1.807, 2.05) is 36.4 Å². The molecule has 74 valence electrons. The summed E-state index contributed by atoms with van der Waals surface area (Å²) in [5.41, 5.74) is 0.919. The summed E-state index contributed by atoms with van der Waals surface area (Å²) in [5, 5.41) is 10.2. The molecule has 1 aromatic rings. The van der Waals surface area contributed by atoms with Gasteiger partial charge < -0.3 is 5.11 Å². The fourth-order valence-corrected chi connectivity index (χ4v) is 1.89. The summed E-state index contributed by atoms with van der Waals surface area (Å²) in [6, 6.07) is 10.2. The number of benzene rings is 1. The molecule has 0 saturated heterocycles. The van der Waals surface area contributed by atoms with Crippen molar-refractivity contribution in [2.75, 3.05) is 0 Å². The van der Waals surface area contributed by atoms with Gasteiger partial charge in [-0.3, -0.25) is 0 Å². The van der Waals surface area contributed by atoms with Crippen molar-refractivity contribution in [3.63, 3.8) is 0 Å². The molecule has 14 heavy (non-hydrogen) atoms. The first-order valence-corrected chi connectivity index (χ1v) is 5.18. The summed E-state index contributed by atoms with van der Waals surface area (Å²) in [6.07, 6.45) is 4.40. The number of rotatable bonds is 2. The fraction of sp³-hybridized carbons (Fsp3) is 0.385. The average Bonchev–Trinajstić information content (AvgIpc) is 2.30. The lowest BCUT2D eigenvalue weighted by atomic mass is 9.87. The molecule has 0 amide bonds. The van der Waals surface area contributed by atoms with Gasteiger partial charge in [0.15, 0.2) is 0 Å². The molecule has 1 N–H and O–H groups in total. The first-order chi connectivity index (χ1) is 7.29. The highest BCUT2D eigenvalue weighted by atomic mass is 16.3. The zero-order chi connectivity index (χ0) is 10.7. The molecule has 0 aliphatic heterocycles. The summed E-state index contributed by atoms with van der Waals surface area (Å²) in [4.78, 5) is 0. The lowest BCUT2D eigenvalue weighted by Crippen LogP contribution is -2.12. The second kappa shape index (κ2) is 4.43. The standard InChI is InChI=1S/C13H16O/c14-13(11-7-3-1-4-8-11)12-9-5-2-6-10-12/h1,3-5,7-9,12-14H,2,6,10H2/t12-,13+/m1/s1/i9D. The highest BCUT2D eigenvalue weighted by Crippen LogP contribution is 2.29. The molecule has 0 radical (unpaired) electrons. The molecule has 1 aromatic carbocycles. The summed E-state index contributed by atoms with van der Waals surface area (Å²) in [5.74, 6) is -0.0128. The van der Waals surface area contributed by atoms with Crippen molar-refractivity contribution in [3.8, 4) is 0 Å². The molecule has 0 unspecified atom stereocenters. The second-order valence-corrected chi connectivity index (χ2v) is 3.76. The molecule has 0 saturated carbocycles. The van der Waals surface area contributed by atoms with E-state index in [-0.39, 0.29) is 5.92 Å². The first kappa shape index (κ1) is 8.25. The van der Waals surface area contributed by atoms with Gasteiger partial charge in [0.2, 0.25) is 0 Å². The van der Waals surface area contributed by atoms with E-state index in [1.54, 1.807) is 0 Å². The lowest BCUT2D eigenvalue weighted by Gasteiger charge is -2.22. The molecule has 0 bridgehead atoms. The van der Waals surface area contributed by atoms with Gasteiger partial charge >= 0.3 is 0 Å². The SMILES string of the molecule is [2H]C1=CCCC[C@@H]1[C@@H](O)c1ccccc1. The highest BCUT2D eigenvalue weighted by molar-refractivity contribution is 5.19. The van der Waals surface area contributed by atoms with Gasteiger partial charge in [-0.05, 0) is 24.8 Å². The number of aliphatic hydroxyl groups is 1. The molecule has 0 fully saturated rings. The fourth-order valence-electron chi connectivity index (χ4n) is 1.89. The Labute approximate surface area is 86.5 Å². The third-order valence-corrected chi connectivity index (χ3v) is 2.72. The summed E-state index contributed by atoms with van der Waals surface area (Å²) < 4.78 is 7.81. The van der Waals surface area contributed by atoms with Crippen molar-refractivity contribution < 1.29 is 6.48 Å². The van der Waals surface area contributed by atoms with E-state index in [4.69, 9.17) is 1.37 Å². The molecule has 2 atom stereocenters. The Hall–Kier alpha value is -1.08. The molecular weight excluding hydrogens is 172 g/mol. The smallest absolute Gasteiger partial charge is 0.0852 e. The maximum absolute atomic E-state index is 10.2. The molecule has 0 spiro atoms. The van der Waals surface area contributed by atoms with E-state index in [0.717, 1.165) is 24.8 Å². The molecule has 0 aromatic heterocycles. The van der Waals surface area contributed by atoms with Crippen LogP contribution in [0.25, 0.3) is 0 Å². The Kier molecular flexibility index (Phi) is 2.61. The molecule has 2 rings (SSSR count).